The van der Waals surface area contributed by atoms with Crippen LogP contribution in [0.25, 0.3) is 0 Å². The normalized spacial score (nSPS) is 20.4. The van der Waals surface area contributed by atoms with E-state index in [9.17, 15) is 5.26 Å². The van der Waals surface area contributed by atoms with Gasteiger partial charge in [-0.2, -0.15) is 15.5 Å². The average molecular weight is 412 g/mol. The minimum atomic E-state index is 0.0116. The van der Waals surface area contributed by atoms with Crippen molar-refractivity contribution in [1.82, 2.24) is 0 Å². The number of benzene rings is 2. The molecule has 2 aromatic rings. The van der Waals surface area contributed by atoms with E-state index in [0.29, 0.717) is 17.2 Å². The van der Waals surface area contributed by atoms with Crippen LogP contribution in [0.2, 0.25) is 0 Å². The highest BCUT2D eigenvalue weighted by atomic mass is 16.5. The second kappa shape index (κ2) is 8.89. The van der Waals surface area contributed by atoms with E-state index in [4.69, 9.17) is 4.74 Å². The third-order valence-corrected chi connectivity index (χ3v) is 6.20. The second-order valence-electron chi connectivity index (χ2n) is 8.73. The van der Waals surface area contributed by atoms with E-state index in [-0.39, 0.29) is 12.0 Å². The van der Waals surface area contributed by atoms with Crippen molar-refractivity contribution in [1.29, 1.82) is 5.26 Å². The molecule has 0 bridgehead atoms. The van der Waals surface area contributed by atoms with Gasteiger partial charge < -0.3 is 4.74 Å². The zero-order valence-corrected chi connectivity index (χ0v) is 18.6. The van der Waals surface area contributed by atoms with E-state index in [1.807, 2.05) is 38.1 Å². The number of rotatable bonds is 5. The van der Waals surface area contributed by atoms with Crippen LogP contribution in [0.4, 0.5) is 0 Å². The van der Waals surface area contributed by atoms with Crippen LogP contribution in [0.3, 0.4) is 0 Å². The maximum atomic E-state index is 9.58. The lowest BCUT2D eigenvalue weighted by Gasteiger charge is -2.27. The molecule has 2 aromatic carbocycles. The molecule has 158 valence electrons. The zero-order chi connectivity index (χ0) is 22.0. The first kappa shape index (κ1) is 21.1. The number of ether oxygens (including phenoxy) is 1. The molecule has 4 rings (SSSR count). The molecule has 0 saturated carbocycles. The predicted molar refractivity (Wildman–Crippen MR) is 126 cm³/mol. The van der Waals surface area contributed by atoms with E-state index in [2.05, 4.69) is 48.0 Å². The van der Waals surface area contributed by atoms with Gasteiger partial charge in [0.2, 0.25) is 0 Å². The molecular weight excluding hydrogens is 382 g/mol. The third kappa shape index (κ3) is 4.18. The maximum Gasteiger partial charge on any atom is 0.137 e. The van der Waals surface area contributed by atoms with Crippen LogP contribution < -0.4 is 4.74 Å². The lowest BCUT2D eigenvalue weighted by atomic mass is 9.79. The molecule has 4 heteroatoms. The highest BCUT2D eigenvalue weighted by Gasteiger charge is 2.26. The Morgan fingerprint density at radius 3 is 2.81 bits per heavy atom. The van der Waals surface area contributed by atoms with Gasteiger partial charge in [0.1, 0.15) is 11.8 Å². The molecule has 0 fully saturated rings. The largest absolute Gasteiger partial charge is 0.490 e. The number of allylic oxidation sites excluding steroid dienone is 1. The number of nitriles is 1. The fourth-order valence-corrected chi connectivity index (χ4v) is 4.65. The number of nitrogens with zero attached hydrogens (tertiary/aromatic N) is 3. The molecule has 1 aliphatic heterocycles. The summed E-state index contributed by atoms with van der Waals surface area (Å²) in [4.78, 5) is 0. The van der Waals surface area contributed by atoms with Crippen molar-refractivity contribution in [3.8, 4) is 11.8 Å². The van der Waals surface area contributed by atoms with Crippen molar-refractivity contribution >= 4 is 11.4 Å². The van der Waals surface area contributed by atoms with Gasteiger partial charge in [-0.05, 0) is 68.4 Å². The van der Waals surface area contributed by atoms with Gasteiger partial charge in [0.05, 0.1) is 23.1 Å². The minimum absolute atomic E-state index is 0.0116. The van der Waals surface area contributed by atoms with Crippen LogP contribution in [0.15, 0.2) is 59.3 Å². The summed E-state index contributed by atoms with van der Waals surface area (Å²) in [5.74, 6) is 1.24. The summed E-state index contributed by atoms with van der Waals surface area (Å²) < 4.78 is 5.76. The summed E-state index contributed by atoms with van der Waals surface area (Å²) in [5.41, 5.74) is 7.40. The highest BCUT2D eigenvalue weighted by molar-refractivity contribution is 6.11. The Balaban J connectivity index is 1.72. The zero-order valence-electron chi connectivity index (χ0n) is 18.6. The van der Waals surface area contributed by atoms with Gasteiger partial charge in [-0.25, -0.2) is 0 Å². The van der Waals surface area contributed by atoms with Crippen molar-refractivity contribution in [2.24, 2.45) is 16.1 Å². The van der Waals surface area contributed by atoms with Crippen LogP contribution >= 0.6 is 0 Å². The summed E-state index contributed by atoms with van der Waals surface area (Å²) in [6.45, 7) is 10.3. The van der Waals surface area contributed by atoms with Gasteiger partial charge >= 0.3 is 0 Å². The standard InChI is InChI=1S/C27H29N3O/c1-5-19-15-25(24-11-7-9-22-18(4)8-6-10-23(22)24)29-30-27(19)20-12-13-26(31-17(2)3)21(14-20)16-28/h5,7,9,11-14,17-19H,1,6,8,10,15H2,2-4H3/t18-,19?/m0/s1. The summed E-state index contributed by atoms with van der Waals surface area (Å²) in [6, 6.07) is 14.5. The first-order chi connectivity index (χ1) is 15.0. The molecule has 0 radical (unpaired) electrons. The molecule has 4 nitrogen and oxygen atoms in total. The number of hydrogen-bond donors (Lipinski definition) is 0. The van der Waals surface area contributed by atoms with Crippen molar-refractivity contribution in [2.75, 3.05) is 0 Å². The lowest BCUT2D eigenvalue weighted by Crippen LogP contribution is -2.23. The molecule has 0 saturated heterocycles. The monoisotopic (exact) mass is 411 g/mol. The smallest absolute Gasteiger partial charge is 0.137 e. The average Bonchev–Trinajstić information content (AvgIpc) is 2.78. The van der Waals surface area contributed by atoms with Crippen LogP contribution in [0.5, 0.6) is 5.75 Å². The van der Waals surface area contributed by atoms with E-state index >= 15 is 0 Å². The summed E-state index contributed by atoms with van der Waals surface area (Å²) in [7, 11) is 0. The number of hydrogen-bond acceptors (Lipinski definition) is 4. The Morgan fingerprint density at radius 2 is 2.06 bits per heavy atom. The molecule has 2 aliphatic rings. The van der Waals surface area contributed by atoms with Gasteiger partial charge in [0, 0.05) is 23.5 Å². The van der Waals surface area contributed by atoms with Crippen molar-refractivity contribution < 1.29 is 4.74 Å². The quantitative estimate of drug-likeness (QED) is 0.551. The first-order valence-corrected chi connectivity index (χ1v) is 11.1. The fraction of sp³-hybridized carbons (Fsp3) is 0.370. The fourth-order valence-electron chi connectivity index (χ4n) is 4.65. The van der Waals surface area contributed by atoms with Crippen LogP contribution in [-0.4, -0.2) is 17.5 Å². The molecule has 0 spiro atoms. The molecular formula is C27H29N3O. The summed E-state index contributed by atoms with van der Waals surface area (Å²) in [5, 5.41) is 18.9. The Kier molecular flexibility index (Phi) is 6.04. The third-order valence-electron chi connectivity index (χ3n) is 6.20. The molecule has 2 atom stereocenters. The second-order valence-corrected chi connectivity index (χ2v) is 8.73. The summed E-state index contributed by atoms with van der Waals surface area (Å²) in [6.07, 6.45) is 6.29. The molecule has 0 N–H and O–H groups in total. The minimum Gasteiger partial charge on any atom is -0.490 e. The van der Waals surface area contributed by atoms with Crippen molar-refractivity contribution in [3.05, 3.63) is 76.9 Å². The van der Waals surface area contributed by atoms with E-state index < -0.39 is 0 Å². The lowest BCUT2D eigenvalue weighted by molar-refractivity contribution is 0.241. The van der Waals surface area contributed by atoms with E-state index in [0.717, 1.165) is 29.8 Å². The van der Waals surface area contributed by atoms with Crippen LogP contribution in [0.1, 0.15) is 73.8 Å². The van der Waals surface area contributed by atoms with Gasteiger partial charge in [0.25, 0.3) is 0 Å². The Bertz CT molecular complexity index is 1100. The van der Waals surface area contributed by atoms with Crippen molar-refractivity contribution in [3.63, 3.8) is 0 Å². The van der Waals surface area contributed by atoms with Crippen LogP contribution in [0, 0.1) is 17.2 Å². The number of fused-ring (bicyclic) bond motifs is 1. The van der Waals surface area contributed by atoms with Gasteiger partial charge in [-0.1, -0.05) is 31.2 Å². The SMILES string of the molecule is C=CC1CC(c2cccc3c2CCC[C@@H]3C)=NN=C1c1ccc(OC(C)C)c(C#N)c1. The molecule has 1 unspecified atom stereocenters. The highest BCUT2D eigenvalue weighted by Crippen LogP contribution is 2.35. The Hall–Kier alpha value is -3.19. The van der Waals surface area contributed by atoms with Gasteiger partial charge in [0.15, 0.2) is 0 Å². The van der Waals surface area contributed by atoms with E-state index in [1.165, 1.54) is 29.5 Å². The van der Waals surface area contributed by atoms with E-state index in [1.54, 1.807) is 0 Å². The molecule has 1 heterocycles. The maximum absolute atomic E-state index is 9.58. The Labute approximate surface area is 185 Å². The molecule has 31 heavy (non-hydrogen) atoms. The predicted octanol–water partition coefficient (Wildman–Crippen LogP) is 6.18. The molecule has 0 aromatic heterocycles. The van der Waals surface area contributed by atoms with Crippen LogP contribution in [-0.2, 0) is 6.42 Å². The van der Waals surface area contributed by atoms with Gasteiger partial charge in [-0.3, -0.25) is 0 Å². The van der Waals surface area contributed by atoms with Crippen molar-refractivity contribution in [2.45, 2.75) is 58.5 Å². The first-order valence-electron chi connectivity index (χ1n) is 11.1. The summed E-state index contributed by atoms with van der Waals surface area (Å²) >= 11 is 0. The molecule has 1 aliphatic carbocycles. The molecule has 0 amide bonds. The van der Waals surface area contributed by atoms with Gasteiger partial charge in [-0.15, -0.1) is 6.58 Å². The topological polar surface area (TPSA) is 57.7 Å². The Morgan fingerprint density at radius 1 is 1.23 bits per heavy atom.